The number of hydrogen-bond donors (Lipinski definition) is 1. The summed E-state index contributed by atoms with van der Waals surface area (Å²) < 4.78 is 5.56. The minimum absolute atomic E-state index is 1.03. The molecule has 1 N–H and O–H groups in total. The number of nitrogens with one attached hydrogen (secondary N) is 1. The zero-order valence-electron chi connectivity index (χ0n) is 8.72. The van der Waals surface area contributed by atoms with Gasteiger partial charge in [-0.1, -0.05) is 12.1 Å². The predicted octanol–water partition coefficient (Wildman–Crippen LogP) is 3.17. The molecule has 3 heteroatoms. The third-order valence-corrected chi connectivity index (χ3v) is 2.21. The van der Waals surface area contributed by atoms with Crippen molar-refractivity contribution in [2.24, 2.45) is 0 Å². The highest BCUT2D eigenvalue weighted by molar-refractivity contribution is 6.69. The van der Waals surface area contributed by atoms with Gasteiger partial charge in [0, 0.05) is 0 Å². The van der Waals surface area contributed by atoms with Gasteiger partial charge in [-0.25, -0.2) is 0 Å². The highest BCUT2D eigenvalue weighted by Crippen LogP contribution is 2.11. The second-order valence-corrected chi connectivity index (χ2v) is 8.61. The van der Waals surface area contributed by atoms with Crippen LogP contribution in [0, 0.1) is 6.92 Å². The molecule has 0 saturated carbocycles. The summed E-state index contributed by atoms with van der Waals surface area (Å²) in [4.78, 5) is 0. The maximum atomic E-state index is 5.56. The highest BCUT2D eigenvalue weighted by Gasteiger charge is 2.14. The Kier molecular flexibility index (Phi) is 3.11. The first-order chi connectivity index (χ1) is 5.97. The number of anilines is 1. The average molecular weight is 195 g/mol. The van der Waals surface area contributed by atoms with E-state index in [1.807, 2.05) is 12.1 Å². The van der Waals surface area contributed by atoms with Crippen molar-refractivity contribution in [1.29, 1.82) is 0 Å². The molecule has 0 aliphatic heterocycles. The lowest BCUT2D eigenvalue weighted by molar-refractivity contribution is 0.401. The van der Waals surface area contributed by atoms with Crippen molar-refractivity contribution in [3.63, 3.8) is 0 Å². The molecule has 0 spiro atoms. The largest absolute Gasteiger partial charge is 0.323 e. The van der Waals surface area contributed by atoms with E-state index < -0.39 is 8.32 Å². The van der Waals surface area contributed by atoms with E-state index in [0.717, 1.165) is 5.69 Å². The summed E-state index contributed by atoms with van der Waals surface area (Å²) in [6.45, 7) is 8.51. The van der Waals surface area contributed by atoms with Crippen LogP contribution in [0.3, 0.4) is 0 Å². The average Bonchev–Trinajstić information content (AvgIpc) is 2.00. The molecule has 0 bridgehead atoms. The molecule has 0 aliphatic carbocycles. The van der Waals surface area contributed by atoms with E-state index in [4.69, 9.17) is 4.53 Å². The van der Waals surface area contributed by atoms with Crippen LogP contribution in [0.1, 0.15) is 5.56 Å². The van der Waals surface area contributed by atoms with Gasteiger partial charge in [0.15, 0.2) is 0 Å². The summed E-state index contributed by atoms with van der Waals surface area (Å²) in [7, 11) is -1.47. The molecule has 0 atom stereocenters. The lowest BCUT2D eigenvalue weighted by atomic mass is 10.2. The number of benzene rings is 1. The van der Waals surface area contributed by atoms with E-state index in [9.17, 15) is 0 Å². The smallest absolute Gasteiger partial charge is 0.220 e. The van der Waals surface area contributed by atoms with Crippen LogP contribution in [-0.4, -0.2) is 8.32 Å². The lowest BCUT2D eigenvalue weighted by Crippen LogP contribution is -2.28. The fraction of sp³-hybridized carbons (Fsp3) is 0.400. The maximum absolute atomic E-state index is 5.56. The van der Waals surface area contributed by atoms with Gasteiger partial charge in [-0.3, -0.25) is 5.48 Å². The molecule has 0 radical (unpaired) electrons. The Morgan fingerprint density at radius 1 is 1.23 bits per heavy atom. The zero-order valence-corrected chi connectivity index (χ0v) is 9.72. The van der Waals surface area contributed by atoms with E-state index >= 15 is 0 Å². The van der Waals surface area contributed by atoms with Crippen molar-refractivity contribution in [3.8, 4) is 0 Å². The van der Waals surface area contributed by atoms with Crippen molar-refractivity contribution in [3.05, 3.63) is 29.8 Å². The lowest BCUT2D eigenvalue weighted by Gasteiger charge is -2.18. The molecule has 0 aromatic heterocycles. The SMILES string of the molecule is Cc1cccc(NO[Si](C)(C)C)c1. The Balaban J connectivity index is 2.55. The Morgan fingerprint density at radius 2 is 1.92 bits per heavy atom. The standard InChI is InChI=1S/C10H17NOSi/c1-9-6-5-7-10(8-9)11-12-13(2,3)4/h5-8,11H,1-4H3. The Hall–Kier alpha value is -0.803. The Morgan fingerprint density at radius 3 is 2.46 bits per heavy atom. The summed E-state index contributed by atoms with van der Waals surface area (Å²) in [6, 6.07) is 8.16. The fourth-order valence-corrected chi connectivity index (χ4v) is 1.34. The van der Waals surface area contributed by atoms with Crippen molar-refractivity contribution in [2.75, 3.05) is 5.48 Å². The second-order valence-electron chi connectivity index (χ2n) is 4.19. The van der Waals surface area contributed by atoms with Gasteiger partial charge in [-0.15, -0.1) is 0 Å². The minimum Gasteiger partial charge on any atom is -0.323 e. The summed E-state index contributed by atoms with van der Waals surface area (Å²) >= 11 is 0. The van der Waals surface area contributed by atoms with Crippen molar-refractivity contribution in [2.45, 2.75) is 26.6 Å². The third-order valence-electron chi connectivity index (χ3n) is 1.49. The summed E-state index contributed by atoms with van der Waals surface area (Å²) in [6.07, 6.45) is 0. The van der Waals surface area contributed by atoms with Crippen LogP contribution in [0.2, 0.25) is 19.6 Å². The molecule has 0 amide bonds. The van der Waals surface area contributed by atoms with Crippen LogP contribution in [-0.2, 0) is 4.53 Å². The fourth-order valence-electron chi connectivity index (χ4n) is 0.921. The first kappa shape index (κ1) is 10.3. The maximum Gasteiger partial charge on any atom is 0.220 e. The van der Waals surface area contributed by atoms with Gasteiger partial charge in [0.1, 0.15) is 0 Å². The topological polar surface area (TPSA) is 21.3 Å². The molecule has 0 fully saturated rings. The summed E-state index contributed by atoms with van der Waals surface area (Å²) in [5.41, 5.74) is 5.26. The minimum atomic E-state index is -1.47. The molecule has 0 heterocycles. The monoisotopic (exact) mass is 195 g/mol. The molecule has 13 heavy (non-hydrogen) atoms. The number of aryl methyl sites for hydroxylation is 1. The van der Waals surface area contributed by atoms with E-state index in [1.54, 1.807) is 0 Å². The van der Waals surface area contributed by atoms with E-state index in [1.165, 1.54) is 5.56 Å². The molecule has 1 rings (SSSR count). The van der Waals surface area contributed by atoms with Crippen LogP contribution in [0.15, 0.2) is 24.3 Å². The first-order valence-corrected chi connectivity index (χ1v) is 7.89. The highest BCUT2D eigenvalue weighted by atomic mass is 28.4. The van der Waals surface area contributed by atoms with E-state index in [0.29, 0.717) is 0 Å². The number of hydrogen-bond acceptors (Lipinski definition) is 2. The predicted molar refractivity (Wildman–Crippen MR) is 59.2 cm³/mol. The van der Waals surface area contributed by atoms with Gasteiger partial charge in [-0.05, 0) is 44.3 Å². The molecule has 1 aromatic carbocycles. The molecule has 72 valence electrons. The summed E-state index contributed by atoms with van der Waals surface area (Å²) in [5.74, 6) is 0. The van der Waals surface area contributed by atoms with Crippen LogP contribution in [0.5, 0.6) is 0 Å². The zero-order chi connectivity index (χ0) is 9.90. The third kappa shape index (κ3) is 4.10. The van der Waals surface area contributed by atoms with Crippen molar-refractivity contribution >= 4 is 14.0 Å². The van der Waals surface area contributed by atoms with Crippen LogP contribution in [0.4, 0.5) is 5.69 Å². The molecule has 1 aromatic rings. The molecule has 0 aliphatic rings. The van der Waals surface area contributed by atoms with Gasteiger partial charge in [0.25, 0.3) is 0 Å². The normalized spacial score (nSPS) is 11.4. The molecule has 0 unspecified atom stereocenters. The van der Waals surface area contributed by atoms with Crippen LogP contribution in [0.25, 0.3) is 0 Å². The number of rotatable bonds is 3. The Bertz CT molecular complexity index is 280. The Labute approximate surface area is 81.0 Å². The van der Waals surface area contributed by atoms with E-state index in [2.05, 4.69) is 44.2 Å². The van der Waals surface area contributed by atoms with Gasteiger partial charge in [0.2, 0.25) is 8.32 Å². The quantitative estimate of drug-likeness (QED) is 0.591. The van der Waals surface area contributed by atoms with Crippen molar-refractivity contribution < 1.29 is 4.53 Å². The first-order valence-electron chi connectivity index (χ1n) is 4.48. The molecular weight excluding hydrogens is 178 g/mol. The van der Waals surface area contributed by atoms with E-state index in [-0.39, 0.29) is 0 Å². The van der Waals surface area contributed by atoms with Gasteiger partial charge < -0.3 is 4.53 Å². The van der Waals surface area contributed by atoms with Gasteiger partial charge in [-0.2, -0.15) is 0 Å². The van der Waals surface area contributed by atoms with Crippen LogP contribution < -0.4 is 5.48 Å². The molecular formula is C10H17NOSi. The van der Waals surface area contributed by atoms with Gasteiger partial charge in [0.05, 0.1) is 5.69 Å². The van der Waals surface area contributed by atoms with Gasteiger partial charge >= 0.3 is 0 Å². The summed E-state index contributed by atoms with van der Waals surface area (Å²) in [5, 5.41) is 0. The molecule has 0 saturated heterocycles. The van der Waals surface area contributed by atoms with Crippen molar-refractivity contribution in [1.82, 2.24) is 0 Å². The second kappa shape index (κ2) is 3.94. The molecule has 2 nitrogen and oxygen atoms in total. The van der Waals surface area contributed by atoms with Crippen LogP contribution >= 0.6 is 0 Å².